The van der Waals surface area contributed by atoms with E-state index in [1.54, 1.807) is 13.2 Å². The lowest BCUT2D eigenvalue weighted by atomic mass is 10.3. The van der Waals surface area contributed by atoms with Crippen molar-refractivity contribution in [2.75, 3.05) is 12.4 Å². The third-order valence-corrected chi connectivity index (χ3v) is 4.69. The minimum atomic E-state index is -0.484. The summed E-state index contributed by atoms with van der Waals surface area (Å²) in [6, 6.07) is 10.5. The minimum absolute atomic E-state index is 0.0444. The number of anilines is 2. The Hall–Kier alpha value is -2.72. The zero-order valence-corrected chi connectivity index (χ0v) is 14.0. The van der Waals surface area contributed by atoms with Crippen molar-refractivity contribution >= 4 is 39.6 Å². The number of aromatic nitrogens is 3. The van der Waals surface area contributed by atoms with Crippen LogP contribution in [0.2, 0.25) is 0 Å². The van der Waals surface area contributed by atoms with Gasteiger partial charge >= 0.3 is 0 Å². The summed E-state index contributed by atoms with van der Waals surface area (Å²) in [5.41, 5.74) is 0.799. The van der Waals surface area contributed by atoms with Crippen LogP contribution in [-0.2, 0) is 0 Å². The topological polar surface area (TPSA) is 103 Å². The van der Waals surface area contributed by atoms with Gasteiger partial charge in [0.25, 0.3) is 5.69 Å². The fourth-order valence-corrected chi connectivity index (χ4v) is 3.42. The zero-order valence-electron chi connectivity index (χ0n) is 12.4. The van der Waals surface area contributed by atoms with Gasteiger partial charge in [0.2, 0.25) is 5.13 Å². The first-order valence-corrected chi connectivity index (χ1v) is 8.30. The van der Waals surface area contributed by atoms with E-state index in [-0.39, 0.29) is 5.69 Å². The van der Waals surface area contributed by atoms with E-state index in [1.165, 1.54) is 35.4 Å². The molecule has 0 bridgehead atoms. The number of nitrogens with zero attached hydrogens (tertiary/aromatic N) is 4. The quantitative estimate of drug-likeness (QED) is 0.523. The second-order valence-electron chi connectivity index (χ2n) is 4.44. The molecule has 0 atom stereocenters. The first kappa shape index (κ1) is 16.1. The Labute approximate surface area is 145 Å². The SMILES string of the molecule is COc1cccc(Nc2nnc(Sc3ccc([N+](=O)[O-])cn3)s2)c1. The third-order valence-electron chi connectivity index (χ3n) is 2.85. The fourth-order valence-electron chi connectivity index (χ4n) is 1.76. The van der Waals surface area contributed by atoms with Crippen LogP contribution in [0, 0.1) is 10.1 Å². The van der Waals surface area contributed by atoms with Gasteiger partial charge in [-0.3, -0.25) is 10.1 Å². The van der Waals surface area contributed by atoms with Crippen LogP contribution < -0.4 is 10.1 Å². The summed E-state index contributed by atoms with van der Waals surface area (Å²) in [6.45, 7) is 0. The molecule has 2 heterocycles. The minimum Gasteiger partial charge on any atom is -0.497 e. The molecule has 0 unspecified atom stereocenters. The molecule has 2 aromatic heterocycles. The van der Waals surface area contributed by atoms with E-state index in [0.717, 1.165) is 11.4 Å². The van der Waals surface area contributed by atoms with Gasteiger partial charge < -0.3 is 10.1 Å². The monoisotopic (exact) mass is 361 g/mol. The molecule has 3 aromatic rings. The highest BCUT2D eigenvalue weighted by Crippen LogP contribution is 2.32. The van der Waals surface area contributed by atoms with Crippen molar-refractivity contribution in [1.82, 2.24) is 15.2 Å². The molecule has 1 aromatic carbocycles. The molecule has 0 aliphatic rings. The Morgan fingerprint density at radius 1 is 1.29 bits per heavy atom. The van der Waals surface area contributed by atoms with Gasteiger partial charge in [0.1, 0.15) is 17.0 Å². The summed E-state index contributed by atoms with van der Waals surface area (Å²) >= 11 is 2.66. The third kappa shape index (κ3) is 3.97. The molecule has 3 rings (SSSR count). The number of nitrogens with one attached hydrogen (secondary N) is 1. The lowest BCUT2D eigenvalue weighted by Crippen LogP contribution is -1.90. The molecule has 24 heavy (non-hydrogen) atoms. The van der Waals surface area contributed by atoms with Crippen LogP contribution in [0.25, 0.3) is 0 Å². The van der Waals surface area contributed by atoms with Gasteiger partial charge in [-0.15, -0.1) is 10.2 Å². The van der Waals surface area contributed by atoms with Gasteiger partial charge in [-0.05, 0) is 30.0 Å². The Balaban J connectivity index is 1.67. The molecular weight excluding hydrogens is 350 g/mol. The van der Waals surface area contributed by atoms with Crippen molar-refractivity contribution in [2.24, 2.45) is 0 Å². The molecule has 0 radical (unpaired) electrons. The number of rotatable bonds is 6. The largest absolute Gasteiger partial charge is 0.497 e. The molecule has 0 saturated heterocycles. The van der Waals surface area contributed by atoms with E-state index >= 15 is 0 Å². The van der Waals surface area contributed by atoms with E-state index in [0.29, 0.717) is 14.5 Å². The van der Waals surface area contributed by atoms with Gasteiger partial charge in [0.15, 0.2) is 4.34 Å². The van der Waals surface area contributed by atoms with Gasteiger partial charge in [-0.2, -0.15) is 0 Å². The highest BCUT2D eigenvalue weighted by Gasteiger charge is 2.10. The van der Waals surface area contributed by atoms with E-state index in [1.807, 2.05) is 24.3 Å². The summed E-state index contributed by atoms with van der Waals surface area (Å²) < 4.78 is 5.85. The molecule has 0 fully saturated rings. The summed E-state index contributed by atoms with van der Waals surface area (Å²) in [7, 11) is 1.61. The van der Waals surface area contributed by atoms with E-state index in [2.05, 4.69) is 20.5 Å². The Morgan fingerprint density at radius 2 is 2.17 bits per heavy atom. The number of pyridine rings is 1. The number of hydrogen-bond acceptors (Lipinski definition) is 9. The van der Waals surface area contributed by atoms with Crippen LogP contribution in [0.3, 0.4) is 0 Å². The van der Waals surface area contributed by atoms with Crippen molar-refractivity contribution in [3.05, 3.63) is 52.7 Å². The van der Waals surface area contributed by atoms with Crippen molar-refractivity contribution < 1.29 is 9.66 Å². The number of hydrogen-bond donors (Lipinski definition) is 1. The van der Waals surface area contributed by atoms with Gasteiger partial charge in [0, 0.05) is 17.8 Å². The van der Waals surface area contributed by atoms with Crippen molar-refractivity contribution in [1.29, 1.82) is 0 Å². The maximum Gasteiger partial charge on any atom is 0.287 e. The molecule has 1 N–H and O–H groups in total. The average molecular weight is 361 g/mol. The summed E-state index contributed by atoms with van der Waals surface area (Å²) in [4.78, 5) is 14.2. The fraction of sp³-hybridized carbons (Fsp3) is 0.0714. The molecule has 0 saturated carbocycles. The zero-order chi connectivity index (χ0) is 16.9. The van der Waals surface area contributed by atoms with Crippen LogP contribution in [0.4, 0.5) is 16.5 Å². The first-order chi connectivity index (χ1) is 11.6. The smallest absolute Gasteiger partial charge is 0.287 e. The first-order valence-electron chi connectivity index (χ1n) is 6.67. The van der Waals surface area contributed by atoms with Crippen LogP contribution in [0.5, 0.6) is 5.75 Å². The van der Waals surface area contributed by atoms with E-state index < -0.39 is 4.92 Å². The van der Waals surface area contributed by atoms with Crippen LogP contribution in [-0.4, -0.2) is 27.2 Å². The second-order valence-corrected chi connectivity index (χ2v) is 6.69. The molecule has 122 valence electrons. The highest BCUT2D eigenvalue weighted by atomic mass is 32.2. The second kappa shape index (κ2) is 7.23. The van der Waals surface area contributed by atoms with E-state index in [9.17, 15) is 10.1 Å². The predicted octanol–water partition coefficient (Wildman–Crippen LogP) is 3.74. The molecule has 0 aliphatic carbocycles. The van der Waals surface area contributed by atoms with Crippen molar-refractivity contribution in [2.45, 2.75) is 9.37 Å². The molecule has 0 aliphatic heterocycles. The number of nitro groups is 1. The van der Waals surface area contributed by atoms with Crippen molar-refractivity contribution in [3.8, 4) is 5.75 Å². The van der Waals surface area contributed by atoms with Crippen molar-refractivity contribution in [3.63, 3.8) is 0 Å². The summed E-state index contributed by atoms with van der Waals surface area (Å²) in [5.74, 6) is 0.745. The number of ether oxygens (including phenoxy) is 1. The lowest BCUT2D eigenvalue weighted by Gasteiger charge is -2.04. The van der Waals surface area contributed by atoms with Gasteiger partial charge in [-0.25, -0.2) is 4.98 Å². The highest BCUT2D eigenvalue weighted by molar-refractivity contribution is 8.01. The maximum atomic E-state index is 10.6. The van der Waals surface area contributed by atoms with Crippen LogP contribution in [0.15, 0.2) is 52.0 Å². The lowest BCUT2D eigenvalue weighted by molar-refractivity contribution is -0.385. The number of methoxy groups -OCH3 is 1. The summed E-state index contributed by atoms with van der Waals surface area (Å²) in [5, 5.41) is 23.2. The normalized spacial score (nSPS) is 10.4. The molecule has 8 nitrogen and oxygen atoms in total. The summed E-state index contributed by atoms with van der Waals surface area (Å²) in [6.07, 6.45) is 1.22. The molecule has 0 amide bonds. The Morgan fingerprint density at radius 3 is 2.88 bits per heavy atom. The Kier molecular flexibility index (Phi) is 4.87. The Bertz CT molecular complexity index is 854. The van der Waals surface area contributed by atoms with Crippen LogP contribution in [0.1, 0.15) is 0 Å². The molecular formula is C14H11N5O3S2. The molecule has 0 spiro atoms. The average Bonchev–Trinajstić information content (AvgIpc) is 3.02. The van der Waals surface area contributed by atoms with Gasteiger partial charge in [0.05, 0.1) is 12.0 Å². The molecule has 10 heteroatoms. The standard InChI is InChI=1S/C14H11N5O3S2/c1-22-11-4-2-3-9(7-11)16-13-17-18-14(24-13)23-12-6-5-10(8-15-12)19(20)21/h2-8H,1H3,(H,16,17). The number of benzene rings is 1. The maximum absolute atomic E-state index is 10.6. The van der Waals surface area contributed by atoms with Crippen LogP contribution >= 0.6 is 23.1 Å². The van der Waals surface area contributed by atoms with E-state index in [4.69, 9.17) is 4.74 Å². The predicted molar refractivity (Wildman–Crippen MR) is 91.2 cm³/mol. The van der Waals surface area contributed by atoms with Gasteiger partial charge in [-0.1, -0.05) is 17.4 Å².